The van der Waals surface area contributed by atoms with E-state index >= 15 is 0 Å². The van der Waals surface area contributed by atoms with E-state index in [1.54, 1.807) is 0 Å². The molecule has 3 nitrogen and oxygen atoms in total. The molecule has 0 aromatic heterocycles. The smallest absolute Gasteiger partial charge is 0.307 e. The van der Waals surface area contributed by atoms with E-state index in [9.17, 15) is 18.0 Å². The fourth-order valence-corrected chi connectivity index (χ4v) is 1.30. The second-order valence-electron chi connectivity index (χ2n) is 3.38. The van der Waals surface area contributed by atoms with Gasteiger partial charge in [-0.1, -0.05) is 0 Å². The monoisotopic (exact) mass is 248 g/mol. The molecule has 1 rings (SSSR count). The van der Waals surface area contributed by atoms with Crippen molar-refractivity contribution in [3.8, 4) is 11.5 Å². The van der Waals surface area contributed by atoms with E-state index in [-0.39, 0.29) is 11.5 Å². The number of halogens is 3. The summed E-state index contributed by atoms with van der Waals surface area (Å²) < 4.78 is 48.9. The third-order valence-electron chi connectivity index (χ3n) is 2.13. The summed E-state index contributed by atoms with van der Waals surface area (Å²) in [4.78, 5) is 11.4. The summed E-state index contributed by atoms with van der Waals surface area (Å²) >= 11 is 0. The summed E-state index contributed by atoms with van der Waals surface area (Å²) in [7, 11) is 2.33. The molecule has 1 aromatic carbocycles. The molecule has 0 atom stereocenters. The molecule has 0 radical (unpaired) electrons. The minimum atomic E-state index is -3.68. The van der Waals surface area contributed by atoms with Crippen LogP contribution in [0.5, 0.6) is 11.5 Å². The first-order valence-corrected chi connectivity index (χ1v) is 4.66. The fourth-order valence-electron chi connectivity index (χ4n) is 1.30. The van der Waals surface area contributed by atoms with E-state index < -0.39 is 23.1 Å². The Bertz CT molecular complexity index is 438. The lowest BCUT2D eigenvalue weighted by molar-refractivity contribution is 0.0214. The highest BCUT2D eigenvalue weighted by atomic mass is 19.3. The van der Waals surface area contributed by atoms with Crippen LogP contribution in [-0.4, -0.2) is 25.9 Å². The molecule has 17 heavy (non-hydrogen) atoms. The molecule has 0 heterocycles. The van der Waals surface area contributed by atoms with Gasteiger partial charge in [-0.25, -0.2) is 4.39 Å². The summed E-state index contributed by atoms with van der Waals surface area (Å²) in [5.74, 6) is -7.03. The van der Waals surface area contributed by atoms with Crippen LogP contribution in [0.25, 0.3) is 0 Å². The average molecular weight is 248 g/mol. The number of Topliss-reactive ketones (excluding diaryl/α,β-unsaturated/α-hetero) is 1. The minimum Gasteiger partial charge on any atom is -0.496 e. The van der Waals surface area contributed by atoms with Crippen molar-refractivity contribution in [3.05, 3.63) is 23.5 Å². The van der Waals surface area contributed by atoms with Crippen LogP contribution in [-0.2, 0) is 0 Å². The Morgan fingerprint density at radius 3 is 2.06 bits per heavy atom. The van der Waals surface area contributed by atoms with Gasteiger partial charge >= 0.3 is 5.92 Å². The van der Waals surface area contributed by atoms with Crippen molar-refractivity contribution in [1.29, 1.82) is 0 Å². The van der Waals surface area contributed by atoms with E-state index in [4.69, 9.17) is 4.74 Å². The third-order valence-corrected chi connectivity index (χ3v) is 2.13. The van der Waals surface area contributed by atoms with Gasteiger partial charge in [-0.05, 0) is 12.1 Å². The molecule has 0 unspecified atom stereocenters. The summed E-state index contributed by atoms with van der Waals surface area (Å²) in [6, 6.07) is 2.39. The first-order valence-electron chi connectivity index (χ1n) is 4.66. The minimum absolute atomic E-state index is 0.255. The van der Waals surface area contributed by atoms with Gasteiger partial charge in [0.05, 0.1) is 14.2 Å². The predicted octanol–water partition coefficient (Wildman–Crippen LogP) is 2.68. The van der Waals surface area contributed by atoms with Crippen LogP contribution in [0.15, 0.2) is 12.1 Å². The highest BCUT2D eigenvalue weighted by Crippen LogP contribution is 2.33. The van der Waals surface area contributed by atoms with Gasteiger partial charge in [-0.15, -0.1) is 0 Å². The number of hydrogen-bond acceptors (Lipinski definition) is 3. The van der Waals surface area contributed by atoms with E-state index in [1.165, 1.54) is 19.2 Å². The van der Waals surface area contributed by atoms with E-state index in [0.29, 0.717) is 6.92 Å². The van der Waals surface area contributed by atoms with Crippen LogP contribution in [0.3, 0.4) is 0 Å². The molecule has 0 fully saturated rings. The van der Waals surface area contributed by atoms with Gasteiger partial charge in [-0.2, -0.15) is 8.78 Å². The van der Waals surface area contributed by atoms with Crippen molar-refractivity contribution < 1.29 is 27.4 Å². The molecule has 6 heteroatoms. The molecule has 0 N–H and O–H groups in total. The largest absolute Gasteiger partial charge is 0.496 e. The van der Waals surface area contributed by atoms with Crippen LogP contribution in [0.1, 0.15) is 17.3 Å². The molecule has 0 saturated heterocycles. The van der Waals surface area contributed by atoms with Gasteiger partial charge in [0.1, 0.15) is 11.3 Å². The van der Waals surface area contributed by atoms with Crippen molar-refractivity contribution >= 4 is 5.78 Å². The maximum atomic E-state index is 13.7. The fraction of sp³-hybridized carbons (Fsp3) is 0.364. The van der Waals surface area contributed by atoms with E-state index in [0.717, 1.165) is 7.11 Å². The maximum absolute atomic E-state index is 13.7. The zero-order chi connectivity index (χ0) is 13.2. The Labute approximate surface area is 96.1 Å². The Morgan fingerprint density at radius 2 is 1.65 bits per heavy atom. The molecule has 0 amide bonds. The van der Waals surface area contributed by atoms with Crippen molar-refractivity contribution in [2.45, 2.75) is 12.8 Å². The first-order chi connectivity index (χ1) is 7.82. The van der Waals surface area contributed by atoms with E-state index in [1.807, 2.05) is 0 Å². The van der Waals surface area contributed by atoms with Crippen LogP contribution in [0.2, 0.25) is 0 Å². The highest BCUT2D eigenvalue weighted by molar-refractivity contribution is 6.03. The molecule has 94 valence electrons. The summed E-state index contributed by atoms with van der Waals surface area (Å²) in [6.07, 6.45) is 0. The van der Waals surface area contributed by atoms with Gasteiger partial charge in [0.15, 0.2) is 11.6 Å². The zero-order valence-corrected chi connectivity index (χ0v) is 9.51. The van der Waals surface area contributed by atoms with Gasteiger partial charge in [0, 0.05) is 6.92 Å². The van der Waals surface area contributed by atoms with Crippen molar-refractivity contribution in [3.63, 3.8) is 0 Å². The van der Waals surface area contributed by atoms with Crippen LogP contribution in [0, 0.1) is 5.82 Å². The summed E-state index contributed by atoms with van der Waals surface area (Å²) in [6.45, 7) is 0.397. The Hall–Kier alpha value is -1.72. The number of ketones is 1. The quantitative estimate of drug-likeness (QED) is 0.768. The maximum Gasteiger partial charge on any atom is 0.307 e. The Kier molecular flexibility index (Phi) is 3.65. The van der Waals surface area contributed by atoms with E-state index in [2.05, 4.69) is 4.74 Å². The number of carbonyl (C=O) groups is 1. The second-order valence-corrected chi connectivity index (χ2v) is 3.38. The van der Waals surface area contributed by atoms with Gasteiger partial charge < -0.3 is 9.47 Å². The highest BCUT2D eigenvalue weighted by Gasteiger charge is 2.38. The Balaban J connectivity index is 3.43. The van der Waals surface area contributed by atoms with Crippen LogP contribution >= 0.6 is 0 Å². The molecular formula is C11H11F3O3. The average Bonchev–Trinajstić information content (AvgIpc) is 2.26. The van der Waals surface area contributed by atoms with Gasteiger partial charge in [-0.3, -0.25) is 4.79 Å². The van der Waals surface area contributed by atoms with Crippen molar-refractivity contribution in [1.82, 2.24) is 0 Å². The molecule has 0 aliphatic carbocycles. The topological polar surface area (TPSA) is 35.5 Å². The molecule has 0 spiro atoms. The van der Waals surface area contributed by atoms with Gasteiger partial charge in [0.2, 0.25) is 5.78 Å². The Morgan fingerprint density at radius 1 is 1.18 bits per heavy atom. The van der Waals surface area contributed by atoms with Crippen LogP contribution < -0.4 is 9.47 Å². The number of methoxy groups -OCH3 is 2. The number of benzene rings is 1. The normalized spacial score (nSPS) is 11.2. The zero-order valence-electron chi connectivity index (χ0n) is 9.51. The lowest BCUT2D eigenvalue weighted by atomic mass is 10.0. The SMILES string of the molecule is COc1ccc(OC)c(C(=O)C(C)(F)F)c1F. The van der Waals surface area contributed by atoms with Crippen molar-refractivity contribution in [2.75, 3.05) is 14.2 Å². The number of alkyl halides is 2. The second kappa shape index (κ2) is 4.65. The molecule has 0 saturated carbocycles. The van der Waals surface area contributed by atoms with Crippen molar-refractivity contribution in [2.24, 2.45) is 0 Å². The lowest BCUT2D eigenvalue weighted by Crippen LogP contribution is -2.26. The number of ether oxygens (including phenoxy) is 2. The number of hydrogen-bond donors (Lipinski definition) is 0. The standard InChI is InChI=1S/C11H11F3O3/c1-11(13,14)10(15)8-6(16-2)4-5-7(17-3)9(8)12/h4-5H,1-3H3. The number of rotatable bonds is 4. The molecular weight excluding hydrogens is 237 g/mol. The van der Waals surface area contributed by atoms with Gasteiger partial charge in [0.25, 0.3) is 0 Å². The molecule has 0 aliphatic rings. The molecule has 1 aromatic rings. The molecule has 0 aliphatic heterocycles. The lowest BCUT2D eigenvalue weighted by Gasteiger charge is -2.14. The summed E-state index contributed by atoms with van der Waals surface area (Å²) in [5, 5.41) is 0. The number of carbonyl (C=O) groups excluding carboxylic acids is 1. The van der Waals surface area contributed by atoms with Crippen LogP contribution in [0.4, 0.5) is 13.2 Å². The predicted molar refractivity (Wildman–Crippen MR) is 54.5 cm³/mol. The molecule has 0 bridgehead atoms. The third kappa shape index (κ3) is 2.51. The summed E-state index contributed by atoms with van der Waals surface area (Å²) in [5.41, 5.74) is -0.806. The first kappa shape index (κ1) is 13.3.